The molecule has 0 amide bonds. The van der Waals surface area contributed by atoms with Crippen molar-refractivity contribution in [2.75, 3.05) is 18.0 Å². The van der Waals surface area contributed by atoms with Gasteiger partial charge in [0.2, 0.25) is 0 Å². The molecular formula is C14H15N7O2. The minimum Gasteiger partial charge on any atom is -0.476 e. The Hall–Kier alpha value is -2.97. The predicted octanol–water partition coefficient (Wildman–Crippen LogP) is 1.01. The van der Waals surface area contributed by atoms with E-state index in [9.17, 15) is 4.79 Å². The fraction of sp³-hybridized carbons (Fsp3) is 0.357. The summed E-state index contributed by atoms with van der Waals surface area (Å²) in [6.45, 7) is 3.40. The Morgan fingerprint density at radius 3 is 3.09 bits per heavy atom. The summed E-state index contributed by atoms with van der Waals surface area (Å²) in [5.41, 5.74) is 0.791. The van der Waals surface area contributed by atoms with Gasteiger partial charge < -0.3 is 15.0 Å². The average molecular weight is 313 g/mol. The van der Waals surface area contributed by atoms with Crippen LogP contribution < -0.4 is 4.90 Å². The standard InChI is InChI=1S/C14H15N7O2/c1-8-16-12-10(2-4-15-12)13(17-8)20-5-3-9(6-20)21-7-11(14(22)23)18-19-21/h2,4,7,9H,3,5-6H2,1H3,(H,22,23)(H,15,16,17). The molecule has 118 valence electrons. The van der Waals surface area contributed by atoms with Gasteiger partial charge in [0.15, 0.2) is 5.69 Å². The molecule has 1 unspecified atom stereocenters. The summed E-state index contributed by atoms with van der Waals surface area (Å²) < 4.78 is 1.63. The highest BCUT2D eigenvalue weighted by Gasteiger charge is 2.28. The number of anilines is 1. The van der Waals surface area contributed by atoms with E-state index < -0.39 is 5.97 Å². The third-order valence-corrected chi connectivity index (χ3v) is 4.07. The van der Waals surface area contributed by atoms with Gasteiger partial charge >= 0.3 is 5.97 Å². The summed E-state index contributed by atoms with van der Waals surface area (Å²) in [6, 6.07) is 2.05. The van der Waals surface area contributed by atoms with Crippen LogP contribution in [0.2, 0.25) is 0 Å². The molecular weight excluding hydrogens is 298 g/mol. The average Bonchev–Trinajstić information content (AvgIpc) is 3.25. The van der Waals surface area contributed by atoms with Gasteiger partial charge in [0.25, 0.3) is 0 Å². The first-order valence-corrected chi connectivity index (χ1v) is 7.33. The van der Waals surface area contributed by atoms with Gasteiger partial charge in [-0.2, -0.15) is 0 Å². The molecule has 2 N–H and O–H groups in total. The molecule has 0 aromatic carbocycles. The van der Waals surface area contributed by atoms with Crippen LogP contribution in [0.1, 0.15) is 28.8 Å². The van der Waals surface area contributed by atoms with E-state index in [0.717, 1.165) is 29.8 Å². The van der Waals surface area contributed by atoms with Crippen molar-refractivity contribution in [3.05, 3.63) is 30.0 Å². The van der Waals surface area contributed by atoms with E-state index in [4.69, 9.17) is 5.11 Å². The molecule has 1 aliphatic heterocycles. The highest BCUT2D eigenvalue weighted by Crippen LogP contribution is 2.30. The zero-order valence-corrected chi connectivity index (χ0v) is 12.5. The number of carboxylic acids is 1. The van der Waals surface area contributed by atoms with Crippen LogP contribution in [0, 0.1) is 6.92 Å². The molecule has 0 bridgehead atoms. The predicted molar refractivity (Wildman–Crippen MR) is 81.5 cm³/mol. The first-order chi connectivity index (χ1) is 11.1. The second-order valence-corrected chi connectivity index (χ2v) is 5.61. The van der Waals surface area contributed by atoms with Crippen LogP contribution in [0.15, 0.2) is 18.5 Å². The van der Waals surface area contributed by atoms with Crippen LogP contribution in [0.3, 0.4) is 0 Å². The molecule has 1 saturated heterocycles. The lowest BCUT2D eigenvalue weighted by Crippen LogP contribution is -2.22. The highest BCUT2D eigenvalue weighted by atomic mass is 16.4. The summed E-state index contributed by atoms with van der Waals surface area (Å²) >= 11 is 0. The maximum absolute atomic E-state index is 10.9. The number of fused-ring (bicyclic) bond motifs is 1. The highest BCUT2D eigenvalue weighted by molar-refractivity contribution is 5.87. The number of aryl methyl sites for hydroxylation is 1. The lowest BCUT2D eigenvalue weighted by atomic mass is 10.3. The number of nitrogens with zero attached hydrogens (tertiary/aromatic N) is 6. The molecule has 3 aromatic heterocycles. The smallest absolute Gasteiger partial charge is 0.358 e. The quantitative estimate of drug-likeness (QED) is 0.741. The van der Waals surface area contributed by atoms with Crippen molar-refractivity contribution in [1.29, 1.82) is 0 Å². The van der Waals surface area contributed by atoms with Crippen LogP contribution in [-0.4, -0.2) is 54.1 Å². The summed E-state index contributed by atoms with van der Waals surface area (Å²) in [6.07, 6.45) is 4.19. The van der Waals surface area contributed by atoms with Crippen molar-refractivity contribution in [3.8, 4) is 0 Å². The van der Waals surface area contributed by atoms with Crippen molar-refractivity contribution < 1.29 is 9.90 Å². The van der Waals surface area contributed by atoms with Gasteiger partial charge in [-0.3, -0.25) is 0 Å². The van der Waals surface area contributed by atoms with Crippen molar-refractivity contribution >= 4 is 22.8 Å². The third kappa shape index (κ3) is 2.30. The van der Waals surface area contributed by atoms with Crippen molar-refractivity contribution in [1.82, 2.24) is 29.9 Å². The zero-order valence-electron chi connectivity index (χ0n) is 12.5. The Kier molecular flexibility index (Phi) is 3.00. The SMILES string of the molecule is Cc1nc(N2CCC(n3cc(C(=O)O)nn3)C2)c2cc[nH]c2n1. The molecule has 0 aliphatic carbocycles. The molecule has 0 spiro atoms. The molecule has 9 heteroatoms. The van der Waals surface area contributed by atoms with E-state index in [1.54, 1.807) is 4.68 Å². The Morgan fingerprint density at radius 2 is 2.30 bits per heavy atom. The molecule has 1 fully saturated rings. The lowest BCUT2D eigenvalue weighted by Gasteiger charge is -2.18. The van der Waals surface area contributed by atoms with Gasteiger partial charge in [-0.1, -0.05) is 5.21 Å². The normalized spacial score (nSPS) is 18.0. The van der Waals surface area contributed by atoms with Crippen molar-refractivity contribution in [2.45, 2.75) is 19.4 Å². The Morgan fingerprint density at radius 1 is 1.43 bits per heavy atom. The topological polar surface area (TPSA) is 113 Å². The maximum atomic E-state index is 10.9. The number of carbonyl (C=O) groups is 1. The van der Waals surface area contributed by atoms with Crippen molar-refractivity contribution in [2.24, 2.45) is 0 Å². The Bertz CT molecular complexity index is 884. The second-order valence-electron chi connectivity index (χ2n) is 5.61. The fourth-order valence-electron chi connectivity index (χ4n) is 2.98. The number of aromatic amines is 1. The van der Waals surface area contributed by atoms with E-state index in [2.05, 4.69) is 30.2 Å². The number of H-pyrrole nitrogens is 1. The molecule has 23 heavy (non-hydrogen) atoms. The summed E-state index contributed by atoms with van der Waals surface area (Å²) in [4.78, 5) is 25.2. The van der Waals surface area contributed by atoms with Crippen molar-refractivity contribution in [3.63, 3.8) is 0 Å². The van der Waals surface area contributed by atoms with E-state index in [0.29, 0.717) is 12.4 Å². The molecule has 4 rings (SSSR count). The van der Waals surface area contributed by atoms with Crippen LogP contribution in [0.5, 0.6) is 0 Å². The molecule has 1 atom stereocenters. The minimum atomic E-state index is -1.06. The second kappa shape index (κ2) is 5.04. The lowest BCUT2D eigenvalue weighted by molar-refractivity contribution is 0.0690. The third-order valence-electron chi connectivity index (χ3n) is 4.07. The van der Waals surface area contributed by atoms with E-state index in [-0.39, 0.29) is 11.7 Å². The van der Waals surface area contributed by atoms with Gasteiger partial charge in [-0.05, 0) is 19.4 Å². The van der Waals surface area contributed by atoms with Gasteiger partial charge in [0.05, 0.1) is 17.6 Å². The number of hydrogen-bond acceptors (Lipinski definition) is 6. The number of hydrogen-bond donors (Lipinski definition) is 2. The number of rotatable bonds is 3. The minimum absolute atomic E-state index is 0.0330. The molecule has 4 heterocycles. The first kappa shape index (κ1) is 13.7. The van der Waals surface area contributed by atoms with Gasteiger partial charge in [-0.25, -0.2) is 19.4 Å². The summed E-state index contributed by atoms with van der Waals surface area (Å²) in [5.74, 6) is 0.550. The fourth-order valence-corrected chi connectivity index (χ4v) is 2.98. The molecule has 0 saturated carbocycles. The monoisotopic (exact) mass is 313 g/mol. The van der Waals surface area contributed by atoms with Gasteiger partial charge in [0.1, 0.15) is 17.3 Å². The van der Waals surface area contributed by atoms with Crippen LogP contribution >= 0.6 is 0 Å². The number of aromatic carboxylic acids is 1. The van der Waals surface area contributed by atoms with Crippen LogP contribution in [-0.2, 0) is 0 Å². The zero-order chi connectivity index (χ0) is 16.0. The Balaban J connectivity index is 1.62. The Labute approximate surface area is 131 Å². The first-order valence-electron chi connectivity index (χ1n) is 7.33. The molecule has 1 aliphatic rings. The van der Waals surface area contributed by atoms with Gasteiger partial charge in [0, 0.05) is 19.3 Å². The maximum Gasteiger partial charge on any atom is 0.358 e. The summed E-state index contributed by atoms with van der Waals surface area (Å²) in [5, 5.41) is 17.6. The van der Waals surface area contributed by atoms with E-state index in [1.807, 2.05) is 19.2 Å². The van der Waals surface area contributed by atoms with Gasteiger partial charge in [-0.15, -0.1) is 5.10 Å². The largest absolute Gasteiger partial charge is 0.476 e. The molecule has 0 radical (unpaired) electrons. The van der Waals surface area contributed by atoms with E-state index in [1.165, 1.54) is 6.20 Å². The molecule has 3 aromatic rings. The number of nitrogens with one attached hydrogen (secondary N) is 1. The van der Waals surface area contributed by atoms with E-state index >= 15 is 0 Å². The number of carboxylic acid groups (broad SMARTS) is 1. The summed E-state index contributed by atoms with van der Waals surface area (Å²) in [7, 11) is 0. The molecule has 9 nitrogen and oxygen atoms in total. The van der Waals surface area contributed by atoms with Crippen LogP contribution in [0.4, 0.5) is 5.82 Å². The number of aromatic nitrogens is 6. The van der Waals surface area contributed by atoms with Crippen LogP contribution in [0.25, 0.3) is 11.0 Å².